The molecular formula is C13H11FO2S. The largest absolute Gasteiger partial charge is 0.485 e. The minimum absolute atomic E-state index is 0.144. The maximum absolute atomic E-state index is 13.1. The smallest absolute Gasteiger partial charge is 0.127 e. The van der Waals surface area contributed by atoms with Crippen LogP contribution in [-0.2, 0) is 0 Å². The summed E-state index contributed by atoms with van der Waals surface area (Å²) in [6.07, 6.45) is -0.346. The molecule has 88 valence electrons. The van der Waals surface area contributed by atoms with Gasteiger partial charge in [-0.15, -0.1) is 0 Å². The van der Waals surface area contributed by atoms with Crippen LogP contribution in [0.3, 0.4) is 0 Å². The second-order valence-corrected chi connectivity index (χ2v) is 4.88. The molecule has 0 saturated carbocycles. The van der Waals surface area contributed by atoms with E-state index in [0.29, 0.717) is 17.7 Å². The third-order valence-corrected chi connectivity index (χ3v) is 3.65. The number of aliphatic hydroxyl groups is 1. The van der Waals surface area contributed by atoms with Crippen molar-refractivity contribution in [3.63, 3.8) is 0 Å². The first-order valence-corrected chi connectivity index (χ1v) is 6.34. The fraction of sp³-hybridized carbons (Fsp3) is 0.231. The second-order valence-electron chi connectivity index (χ2n) is 4.10. The summed E-state index contributed by atoms with van der Waals surface area (Å²) in [5.74, 6) is 0.224. The van der Waals surface area contributed by atoms with Crippen LogP contribution in [0.4, 0.5) is 4.39 Å². The number of ether oxygens (including phenoxy) is 1. The van der Waals surface area contributed by atoms with Crippen molar-refractivity contribution in [2.24, 2.45) is 0 Å². The third kappa shape index (κ3) is 1.94. The summed E-state index contributed by atoms with van der Waals surface area (Å²) >= 11 is 1.60. The van der Waals surface area contributed by atoms with E-state index < -0.39 is 6.10 Å². The van der Waals surface area contributed by atoms with Gasteiger partial charge < -0.3 is 9.84 Å². The van der Waals surface area contributed by atoms with E-state index in [0.717, 1.165) is 5.56 Å². The maximum atomic E-state index is 13.1. The molecule has 0 radical (unpaired) electrons. The van der Waals surface area contributed by atoms with Crippen LogP contribution in [0.2, 0.25) is 0 Å². The van der Waals surface area contributed by atoms with E-state index in [1.165, 1.54) is 12.1 Å². The molecule has 0 fully saturated rings. The molecule has 1 aromatic carbocycles. The molecule has 0 spiro atoms. The lowest BCUT2D eigenvalue weighted by molar-refractivity contribution is 0.0655. The molecule has 1 aliphatic heterocycles. The van der Waals surface area contributed by atoms with E-state index in [2.05, 4.69) is 0 Å². The first-order chi connectivity index (χ1) is 8.24. The van der Waals surface area contributed by atoms with Crippen LogP contribution in [0.5, 0.6) is 5.75 Å². The topological polar surface area (TPSA) is 29.5 Å². The summed E-state index contributed by atoms with van der Waals surface area (Å²) in [6.45, 7) is 0. The standard InChI is InChI=1S/C13H11FO2S/c14-9-1-2-12-10(5-9)11(15)6-13(16-12)8-3-4-17-7-8/h1-5,7,11,13,15H,6H2/t11-,13?/m0/s1. The fourth-order valence-corrected chi connectivity index (χ4v) is 2.78. The Morgan fingerprint density at radius 2 is 2.24 bits per heavy atom. The molecule has 0 saturated heterocycles. The van der Waals surface area contributed by atoms with Crippen LogP contribution in [0.15, 0.2) is 35.0 Å². The van der Waals surface area contributed by atoms with E-state index in [9.17, 15) is 9.50 Å². The zero-order valence-electron chi connectivity index (χ0n) is 8.97. The molecule has 1 N–H and O–H groups in total. The highest BCUT2D eigenvalue weighted by Gasteiger charge is 2.28. The van der Waals surface area contributed by atoms with Gasteiger partial charge in [-0.25, -0.2) is 4.39 Å². The SMILES string of the molecule is O[C@H]1CC(c2ccsc2)Oc2ccc(F)cc21. The molecule has 2 nitrogen and oxygen atoms in total. The first kappa shape index (κ1) is 10.7. The van der Waals surface area contributed by atoms with Gasteiger partial charge in [0.15, 0.2) is 0 Å². The number of thiophene rings is 1. The van der Waals surface area contributed by atoms with Gasteiger partial charge in [0.1, 0.15) is 17.7 Å². The van der Waals surface area contributed by atoms with Gasteiger partial charge in [-0.3, -0.25) is 0 Å². The molecule has 0 aliphatic carbocycles. The lowest BCUT2D eigenvalue weighted by atomic mass is 9.96. The van der Waals surface area contributed by atoms with Gasteiger partial charge in [-0.05, 0) is 35.0 Å². The Bertz CT molecular complexity index is 524. The zero-order chi connectivity index (χ0) is 11.8. The minimum atomic E-state index is -0.667. The number of halogens is 1. The van der Waals surface area contributed by atoms with Crippen LogP contribution >= 0.6 is 11.3 Å². The number of hydrogen-bond acceptors (Lipinski definition) is 3. The average Bonchev–Trinajstić information content (AvgIpc) is 2.83. The Kier molecular flexibility index (Phi) is 2.61. The molecule has 2 heterocycles. The summed E-state index contributed by atoms with van der Waals surface area (Å²) in [5.41, 5.74) is 1.60. The van der Waals surface area contributed by atoms with Gasteiger partial charge in [-0.1, -0.05) is 0 Å². The van der Waals surface area contributed by atoms with Crippen molar-refractivity contribution in [3.05, 3.63) is 52.0 Å². The van der Waals surface area contributed by atoms with Crippen LogP contribution in [0, 0.1) is 5.82 Å². The van der Waals surface area contributed by atoms with Crippen molar-refractivity contribution in [1.82, 2.24) is 0 Å². The molecule has 0 amide bonds. The molecule has 3 rings (SSSR count). The van der Waals surface area contributed by atoms with Gasteiger partial charge in [0.25, 0.3) is 0 Å². The Labute approximate surface area is 102 Å². The van der Waals surface area contributed by atoms with Gasteiger partial charge >= 0.3 is 0 Å². The van der Waals surface area contributed by atoms with E-state index >= 15 is 0 Å². The highest BCUT2D eigenvalue weighted by atomic mass is 32.1. The van der Waals surface area contributed by atoms with E-state index in [-0.39, 0.29) is 11.9 Å². The molecule has 17 heavy (non-hydrogen) atoms. The van der Waals surface area contributed by atoms with Gasteiger partial charge in [0, 0.05) is 17.5 Å². The summed E-state index contributed by atoms with van der Waals surface area (Å²) in [7, 11) is 0. The molecular weight excluding hydrogens is 239 g/mol. The molecule has 4 heteroatoms. The lowest BCUT2D eigenvalue weighted by Gasteiger charge is -2.29. The first-order valence-electron chi connectivity index (χ1n) is 5.40. The van der Waals surface area contributed by atoms with E-state index in [1.807, 2.05) is 16.8 Å². The van der Waals surface area contributed by atoms with Crippen molar-refractivity contribution < 1.29 is 14.2 Å². The van der Waals surface area contributed by atoms with Gasteiger partial charge in [-0.2, -0.15) is 11.3 Å². The van der Waals surface area contributed by atoms with Crippen molar-refractivity contribution in [3.8, 4) is 5.75 Å². The van der Waals surface area contributed by atoms with E-state index in [4.69, 9.17) is 4.74 Å². The predicted octanol–water partition coefficient (Wildman–Crippen LogP) is 3.44. The number of fused-ring (bicyclic) bond motifs is 1. The lowest BCUT2D eigenvalue weighted by Crippen LogP contribution is -2.18. The second kappa shape index (κ2) is 4.13. The van der Waals surface area contributed by atoms with Crippen molar-refractivity contribution in [1.29, 1.82) is 0 Å². The van der Waals surface area contributed by atoms with Crippen LogP contribution in [0.25, 0.3) is 0 Å². The Balaban J connectivity index is 1.96. The Morgan fingerprint density at radius 1 is 1.35 bits per heavy atom. The van der Waals surface area contributed by atoms with E-state index in [1.54, 1.807) is 17.4 Å². The average molecular weight is 250 g/mol. The molecule has 1 aromatic heterocycles. The van der Waals surface area contributed by atoms with Gasteiger partial charge in [0.2, 0.25) is 0 Å². The molecule has 2 atom stereocenters. The highest BCUT2D eigenvalue weighted by molar-refractivity contribution is 7.07. The Hall–Kier alpha value is -1.39. The summed E-state index contributed by atoms with van der Waals surface area (Å²) in [6, 6.07) is 6.24. The van der Waals surface area contributed by atoms with Gasteiger partial charge in [0.05, 0.1) is 6.10 Å². The summed E-state index contributed by atoms with van der Waals surface area (Å²) in [5, 5.41) is 14.0. The van der Waals surface area contributed by atoms with Crippen molar-refractivity contribution in [2.75, 3.05) is 0 Å². The van der Waals surface area contributed by atoms with Crippen molar-refractivity contribution >= 4 is 11.3 Å². The monoisotopic (exact) mass is 250 g/mol. The molecule has 2 aromatic rings. The normalized spacial score (nSPS) is 22.9. The maximum Gasteiger partial charge on any atom is 0.127 e. The van der Waals surface area contributed by atoms with Crippen LogP contribution in [-0.4, -0.2) is 5.11 Å². The zero-order valence-corrected chi connectivity index (χ0v) is 9.78. The molecule has 0 bridgehead atoms. The number of rotatable bonds is 1. The molecule has 1 aliphatic rings. The minimum Gasteiger partial charge on any atom is -0.485 e. The summed E-state index contributed by atoms with van der Waals surface area (Å²) < 4.78 is 18.9. The number of aliphatic hydroxyl groups excluding tert-OH is 1. The van der Waals surface area contributed by atoms with Crippen molar-refractivity contribution in [2.45, 2.75) is 18.6 Å². The Morgan fingerprint density at radius 3 is 3.00 bits per heavy atom. The van der Waals surface area contributed by atoms with Crippen LogP contribution in [0.1, 0.15) is 29.8 Å². The number of benzene rings is 1. The summed E-state index contributed by atoms with van der Waals surface area (Å²) in [4.78, 5) is 0. The fourth-order valence-electron chi connectivity index (χ4n) is 2.08. The quantitative estimate of drug-likeness (QED) is 0.840. The number of hydrogen-bond donors (Lipinski definition) is 1. The third-order valence-electron chi connectivity index (χ3n) is 2.95. The molecule has 1 unspecified atom stereocenters. The van der Waals surface area contributed by atoms with Crippen LogP contribution < -0.4 is 4.74 Å². The highest BCUT2D eigenvalue weighted by Crippen LogP contribution is 2.41. The predicted molar refractivity (Wildman–Crippen MR) is 63.7 cm³/mol.